The number of hydrogen-bond acceptors (Lipinski definition) is 10. The second-order valence-electron chi connectivity index (χ2n) is 19.9. The Morgan fingerprint density at radius 3 is 2.47 bits per heavy atom. The number of aryl methyl sites for hydroxylation is 1. The van der Waals surface area contributed by atoms with Crippen molar-refractivity contribution in [3.63, 3.8) is 0 Å². The number of aromatic hydroxyl groups is 1. The van der Waals surface area contributed by atoms with Crippen molar-refractivity contribution in [1.29, 1.82) is 0 Å². The third-order valence-corrected chi connectivity index (χ3v) is 14.2. The molecule has 15 nitrogen and oxygen atoms in total. The van der Waals surface area contributed by atoms with Gasteiger partial charge >= 0.3 is 5.97 Å². The zero-order valence-electron chi connectivity index (χ0n) is 41.0. The summed E-state index contributed by atoms with van der Waals surface area (Å²) in [5.74, 6) is -2.20. The first kappa shape index (κ1) is 49.8. The van der Waals surface area contributed by atoms with E-state index in [0.29, 0.717) is 62.9 Å². The van der Waals surface area contributed by atoms with Crippen molar-refractivity contribution in [2.24, 2.45) is 21.7 Å². The minimum Gasteiger partial charge on any atom is -0.508 e. The van der Waals surface area contributed by atoms with Gasteiger partial charge < -0.3 is 34.3 Å². The summed E-state index contributed by atoms with van der Waals surface area (Å²) in [5.41, 5.74) is 8.35. The van der Waals surface area contributed by atoms with Gasteiger partial charge in [0.05, 0.1) is 29.5 Å². The number of amides is 4. The first-order valence-corrected chi connectivity index (χ1v) is 24.0. The number of esters is 1. The van der Waals surface area contributed by atoms with E-state index < -0.39 is 46.7 Å². The highest BCUT2D eigenvalue weighted by Crippen LogP contribution is 2.43. The van der Waals surface area contributed by atoms with Crippen LogP contribution in [-0.4, -0.2) is 124 Å². The smallest absolute Gasteiger partial charge is 0.324 e. The van der Waals surface area contributed by atoms with Crippen molar-refractivity contribution in [1.82, 2.24) is 30.1 Å². The fraction of sp³-hybridized carbons (Fsp3) is 0.509. The Morgan fingerprint density at radius 2 is 1.79 bits per heavy atom. The number of cyclic esters (lactones) is 1. The molecule has 0 aliphatic carbocycles. The van der Waals surface area contributed by atoms with Gasteiger partial charge in [0.25, 0.3) is 5.91 Å². The van der Waals surface area contributed by atoms with Crippen LogP contribution in [0.25, 0.3) is 27.6 Å². The van der Waals surface area contributed by atoms with Gasteiger partial charge in [0, 0.05) is 74.4 Å². The molecule has 4 aliphatic rings. The molecule has 0 saturated carbocycles. The molecule has 3 aromatic rings. The number of allylic oxidation sites excluding steroid dienone is 2. The molecule has 364 valence electrons. The predicted molar refractivity (Wildman–Crippen MR) is 263 cm³/mol. The molecular formula is C53H69N7O8. The van der Waals surface area contributed by atoms with E-state index in [-0.39, 0.29) is 55.7 Å². The number of phenolic OH excluding ortho intramolecular Hbond substituents is 1. The second kappa shape index (κ2) is 20.3. The number of hydrogen-bond donors (Lipinski definition) is 3. The Morgan fingerprint density at radius 1 is 1.04 bits per heavy atom. The number of carbonyl (C=O) groups is 5. The van der Waals surface area contributed by atoms with Crippen LogP contribution in [0.1, 0.15) is 91.0 Å². The third kappa shape index (κ3) is 9.78. The molecule has 1 unspecified atom stereocenters. The number of hydrazine groups is 1. The number of nitrogens with one attached hydrogen (secondary N) is 2. The number of fused-ring (bicyclic) bond motifs is 6. The molecular weight excluding hydrogens is 863 g/mol. The number of ether oxygens (including phenoxy) is 2. The number of nitrogens with zero attached hydrogens (tertiary/aromatic N) is 5. The normalized spacial score (nSPS) is 23.5. The summed E-state index contributed by atoms with van der Waals surface area (Å²) in [7, 11) is 1.65. The molecule has 3 N–H and O–H groups in total. The lowest BCUT2D eigenvalue weighted by molar-refractivity contribution is -0.155. The summed E-state index contributed by atoms with van der Waals surface area (Å²) in [6.45, 7) is 23.7. The number of carbonyl (C=O) groups excluding carboxylic acids is 5. The van der Waals surface area contributed by atoms with Crippen LogP contribution in [0.4, 0.5) is 0 Å². The number of aliphatic imine (C=N–C) groups is 1. The van der Waals surface area contributed by atoms with Gasteiger partial charge in [-0.1, -0.05) is 59.1 Å². The number of phenols is 1. The first-order valence-electron chi connectivity index (χ1n) is 24.0. The number of aromatic nitrogens is 1. The fourth-order valence-electron chi connectivity index (χ4n) is 10.7. The summed E-state index contributed by atoms with van der Waals surface area (Å²) < 4.78 is 14.2. The van der Waals surface area contributed by atoms with Gasteiger partial charge in [-0.2, -0.15) is 0 Å². The van der Waals surface area contributed by atoms with Crippen LogP contribution < -0.4 is 10.7 Å². The molecule has 5 atom stereocenters. The van der Waals surface area contributed by atoms with Crippen molar-refractivity contribution >= 4 is 52.3 Å². The van der Waals surface area contributed by atoms with Crippen molar-refractivity contribution < 1.29 is 38.6 Å². The maximum atomic E-state index is 14.8. The van der Waals surface area contributed by atoms with Gasteiger partial charge in [0.1, 0.15) is 23.9 Å². The lowest BCUT2D eigenvalue weighted by Crippen LogP contribution is -2.62. The molecule has 68 heavy (non-hydrogen) atoms. The van der Waals surface area contributed by atoms with Crippen molar-refractivity contribution in [2.75, 3.05) is 39.9 Å². The lowest BCUT2D eigenvalue weighted by Gasteiger charge is -2.37. The van der Waals surface area contributed by atoms with Crippen LogP contribution in [0.2, 0.25) is 0 Å². The second-order valence-corrected chi connectivity index (χ2v) is 19.9. The highest BCUT2D eigenvalue weighted by atomic mass is 16.5. The third-order valence-electron chi connectivity index (χ3n) is 14.2. The Kier molecular flexibility index (Phi) is 14.9. The molecule has 1 spiro atoms. The monoisotopic (exact) mass is 932 g/mol. The molecule has 2 aromatic carbocycles. The maximum Gasteiger partial charge on any atom is 0.324 e. The number of likely N-dealkylation sites (tertiary alicyclic amines) is 2. The molecule has 4 amide bonds. The minimum absolute atomic E-state index is 0.00939. The van der Waals surface area contributed by atoms with Crippen molar-refractivity contribution in [3.8, 4) is 16.9 Å². The number of methoxy groups -OCH3 is 1. The molecule has 5 heterocycles. The SMILES string of the molecule is C=CC(=O)N1CCC2(CCN([C@H](C(=O)N[C@H]3Cc4cc(O)cc(c4)-c4ccc5c(c4)c(c(/C(C=C)=C(/N=C\C)[C@H](C)OC)n5CC)CC(C)(C)COC(=O)[C@@H]4CCCN(N4)C3=O)C(C)C)C2=O)C1. The molecule has 0 radical (unpaired) electrons. The van der Waals surface area contributed by atoms with Crippen molar-refractivity contribution in [2.45, 2.75) is 118 Å². The van der Waals surface area contributed by atoms with Gasteiger partial charge in [-0.25, -0.2) is 5.43 Å². The quantitative estimate of drug-likeness (QED) is 0.0855. The van der Waals surface area contributed by atoms with E-state index in [9.17, 15) is 29.1 Å². The van der Waals surface area contributed by atoms with Crippen LogP contribution >= 0.6 is 0 Å². The Hall–Kier alpha value is -6.06. The molecule has 1 aromatic heterocycles. The Labute approximate surface area is 400 Å². The van der Waals surface area contributed by atoms with E-state index in [1.807, 2.05) is 45.9 Å². The Balaban J connectivity index is 1.32. The van der Waals surface area contributed by atoms with Gasteiger partial charge in [-0.05, 0) is 111 Å². The van der Waals surface area contributed by atoms with Gasteiger partial charge in [-0.3, -0.25) is 34.0 Å². The average Bonchev–Trinajstić information content (AvgIpc) is 3.99. The van der Waals surface area contributed by atoms with E-state index in [2.05, 4.69) is 61.4 Å². The zero-order valence-corrected chi connectivity index (χ0v) is 41.0. The lowest BCUT2D eigenvalue weighted by atomic mass is 9.84. The van der Waals surface area contributed by atoms with E-state index in [4.69, 9.17) is 14.5 Å². The van der Waals surface area contributed by atoms with Gasteiger partial charge in [-0.15, -0.1) is 0 Å². The van der Waals surface area contributed by atoms with Gasteiger partial charge in [0.2, 0.25) is 17.7 Å². The predicted octanol–water partition coefficient (Wildman–Crippen LogP) is 6.37. The molecule has 3 saturated heterocycles. The van der Waals surface area contributed by atoms with Crippen LogP contribution in [0.3, 0.4) is 0 Å². The topological polar surface area (TPSA) is 175 Å². The fourth-order valence-corrected chi connectivity index (χ4v) is 10.7. The summed E-state index contributed by atoms with van der Waals surface area (Å²) in [5, 5.41) is 16.8. The summed E-state index contributed by atoms with van der Waals surface area (Å²) in [6, 6.07) is 8.51. The molecule has 3 fully saturated rings. The highest BCUT2D eigenvalue weighted by Gasteiger charge is 2.54. The van der Waals surface area contributed by atoms with Crippen LogP contribution in [0.15, 0.2) is 72.4 Å². The minimum atomic E-state index is -1.16. The summed E-state index contributed by atoms with van der Waals surface area (Å²) >= 11 is 0. The molecule has 6 bridgehead atoms. The van der Waals surface area contributed by atoms with Crippen LogP contribution in [0, 0.1) is 16.7 Å². The highest BCUT2D eigenvalue weighted by molar-refractivity contribution is 5.97. The summed E-state index contributed by atoms with van der Waals surface area (Å²) in [4.78, 5) is 78.3. The number of rotatable bonds is 11. The molecule has 15 heteroatoms. The van der Waals surface area contributed by atoms with Crippen LogP contribution in [-0.2, 0) is 52.8 Å². The Bertz CT molecular complexity index is 2560. The van der Waals surface area contributed by atoms with E-state index in [1.165, 1.54) is 11.1 Å². The van der Waals surface area contributed by atoms with Crippen molar-refractivity contribution in [3.05, 3.63) is 84.2 Å². The van der Waals surface area contributed by atoms with E-state index in [0.717, 1.165) is 39.0 Å². The number of benzene rings is 2. The maximum absolute atomic E-state index is 14.8. The van der Waals surface area contributed by atoms with E-state index in [1.54, 1.807) is 35.3 Å². The first-order chi connectivity index (χ1) is 32.4. The van der Waals surface area contributed by atoms with Gasteiger partial charge in [0.15, 0.2) is 0 Å². The standard InChI is InChI=1S/C53H69N7O8/c1-11-38(45(54-13-3)33(7)67-10)47-40-29-52(8,9)31-68-50(65)41-16-15-21-60(56-41)49(64)42(26-34-24-36(27-37(61)25-34)35-17-18-43(39(40)28-35)58(47)14-4)55-48(63)46(32(5)6)59-23-20-53(51(59)66)19-22-57(30-53)44(62)12-2/h11-13,17-18,24-25,27-28,32-33,41-42,46,56,61H,1-2,14-16,19-23,26,29-31H2,3-10H3,(H,55,63)/b45-38+,54-13-/t33-,41-,42-,46-,53?/m0/s1. The summed E-state index contributed by atoms with van der Waals surface area (Å²) in [6.07, 6.45) is 6.90. The van der Waals surface area contributed by atoms with Crippen LogP contribution in [0.5, 0.6) is 5.75 Å². The average molecular weight is 932 g/mol. The molecule has 4 aliphatic heterocycles. The van der Waals surface area contributed by atoms with E-state index >= 15 is 0 Å². The largest absolute Gasteiger partial charge is 0.508 e. The zero-order chi connectivity index (χ0) is 49.2. The molecule has 7 rings (SSSR count).